The summed E-state index contributed by atoms with van der Waals surface area (Å²) in [5, 5.41) is 19.5. The zero-order valence-electron chi connectivity index (χ0n) is 15.4. The van der Waals surface area contributed by atoms with Gasteiger partial charge in [0.2, 0.25) is 5.60 Å². The number of hydrogen-bond acceptors (Lipinski definition) is 5. The number of aromatic nitrogens is 3. The van der Waals surface area contributed by atoms with Gasteiger partial charge < -0.3 is 15.3 Å². The predicted octanol–water partition coefficient (Wildman–Crippen LogP) is 1.29. The minimum atomic E-state index is -1.72. The summed E-state index contributed by atoms with van der Waals surface area (Å²) in [6.45, 7) is 0.426. The molecular weight excluding hydrogens is 377 g/mol. The molecule has 1 aromatic carbocycles. The van der Waals surface area contributed by atoms with Crippen molar-refractivity contribution in [1.29, 1.82) is 0 Å². The Morgan fingerprint density at radius 2 is 2.24 bits per heavy atom. The number of amides is 2. The summed E-state index contributed by atoms with van der Waals surface area (Å²) in [5.74, 6) is 3.88. The molecule has 1 fully saturated rings. The third-order valence-corrected chi connectivity index (χ3v) is 4.68. The number of fused-ring (bicyclic) bond motifs is 1. The highest BCUT2D eigenvalue weighted by Gasteiger charge is 2.42. The Balaban J connectivity index is 1.56. The molecule has 0 unspecified atom stereocenters. The van der Waals surface area contributed by atoms with Crippen molar-refractivity contribution in [2.75, 3.05) is 18.9 Å². The monoisotopic (exact) mass is 393 g/mol. The summed E-state index contributed by atoms with van der Waals surface area (Å²) >= 11 is 0. The number of likely N-dealkylation sites (N-methyl/N-ethyl adjacent to an activating group) is 1. The van der Waals surface area contributed by atoms with Crippen LogP contribution < -0.4 is 5.32 Å². The summed E-state index contributed by atoms with van der Waals surface area (Å²) in [6, 6.07) is 7.45. The van der Waals surface area contributed by atoms with Crippen LogP contribution in [0.3, 0.4) is 0 Å². The molecule has 0 radical (unpaired) electrons. The summed E-state index contributed by atoms with van der Waals surface area (Å²) < 4.78 is 14.1. The first-order valence-electron chi connectivity index (χ1n) is 8.78. The average Bonchev–Trinajstić information content (AvgIpc) is 3.25. The molecule has 3 N–H and O–H groups in total. The number of hydrogen-bond donors (Lipinski definition) is 3. The van der Waals surface area contributed by atoms with Gasteiger partial charge in [0.05, 0.1) is 10.9 Å². The van der Waals surface area contributed by atoms with Crippen molar-refractivity contribution in [1.82, 2.24) is 20.1 Å². The van der Waals surface area contributed by atoms with Crippen LogP contribution in [0.15, 0.2) is 36.5 Å². The first kappa shape index (κ1) is 18.6. The number of benzene rings is 1. The van der Waals surface area contributed by atoms with Crippen molar-refractivity contribution in [3.8, 4) is 11.8 Å². The lowest BCUT2D eigenvalue weighted by atomic mass is 10.0. The molecule has 0 bridgehead atoms. The maximum Gasteiger partial charge on any atom is 0.278 e. The Labute approximate surface area is 164 Å². The molecule has 146 valence electrons. The smallest absolute Gasteiger partial charge is 0.278 e. The Bertz CT molecular complexity index is 1200. The number of pyridine rings is 1. The van der Waals surface area contributed by atoms with Crippen molar-refractivity contribution in [2.24, 2.45) is 0 Å². The third kappa shape index (κ3) is 3.41. The second kappa shape index (κ2) is 7.00. The van der Waals surface area contributed by atoms with E-state index in [1.165, 1.54) is 29.3 Å². The number of carbonyl (C=O) groups excluding carboxylic acids is 2. The maximum atomic E-state index is 14.1. The lowest BCUT2D eigenvalue weighted by Crippen LogP contribution is -2.37. The minimum Gasteiger partial charge on any atom is -0.369 e. The highest BCUT2D eigenvalue weighted by Crippen LogP contribution is 2.22. The van der Waals surface area contributed by atoms with Gasteiger partial charge >= 0.3 is 0 Å². The van der Waals surface area contributed by atoms with E-state index in [9.17, 15) is 19.1 Å². The molecule has 0 spiro atoms. The number of nitrogens with one attached hydrogen (secondary N) is 2. The zero-order valence-corrected chi connectivity index (χ0v) is 15.4. The number of rotatable bonds is 2. The van der Waals surface area contributed by atoms with Crippen molar-refractivity contribution < 1.29 is 19.1 Å². The first-order chi connectivity index (χ1) is 13.9. The van der Waals surface area contributed by atoms with Crippen LogP contribution in [0.25, 0.3) is 10.9 Å². The molecule has 2 aromatic heterocycles. The largest absolute Gasteiger partial charge is 0.369 e. The lowest BCUT2D eigenvalue weighted by molar-refractivity contribution is -0.137. The van der Waals surface area contributed by atoms with Crippen LogP contribution in [-0.4, -0.2) is 56.2 Å². The molecular formula is C20H16FN5O3. The van der Waals surface area contributed by atoms with E-state index in [-0.39, 0.29) is 23.3 Å². The highest BCUT2D eigenvalue weighted by molar-refractivity contribution is 6.10. The SMILES string of the molecule is CN1CC[C@@](O)(C#Cc2ccnc(NC(=O)c3n[nH]c4cccc(F)c34)c2)C1=O. The quantitative estimate of drug-likeness (QED) is 0.568. The van der Waals surface area contributed by atoms with E-state index in [0.717, 1.165) is 0 Å². The standard InChI is InChI=1S/C20H16FN5O3/c1-26-10-8-20(29,19(26)28)7-5-12-6-9-22-15(11-12)23-18(27)17-16-13(21)3-2-4-14(16)24-25-17/h2-4,6,9,11,29H,8,10H2,1H3,(H,24,25)(H,22,23,27)/t20-/m0/s1. The number of H-pyrrole nitrogens is 1. The fraction of sp³-hybridized carbons (Fsp3) is 0.200. The Hall–Kier alpha value is -3.77. The molecule has 3 heterocycles. The summed E-state index contributed by atoms with van der Waals surface area (Å²) in [5.41, 5.74) is -0.955. The number of likely N-dealkylation sites (tertiary alicyclic amines) is 1. The molecule has 1 saturated heterocycles. The Kier molecular flexibility index (Phi) is 4.48. The third-order valence-electron chi connectivity index (χ3n) is 4.68. The number of nitrogens with zero attached hydrogens (tertiary/aromatic N) is 3. The fourth-order valence-electron chi connectivity index (χ4n) is 3.09. The fourth-order valence-corrected chi connectivity index (χ4v) is 3.09. The molecule has 0 aliphatic carbocycles. The van der Waals surface area contributed by atoms with Crippen LogP contribution in [0, 0.1) is 17.7 Å². The van der Waals surface area contributed by atoms with Gasteiger partial charge in [-0.05, 0) is 24.3 Å². The average molecular weight is 393 g/mol. The molecule has 0 saturated carbocycles. The molecule has 4 rings (SSSR count). The molecule has 9 heteroatoms. The first-order valence-corrected chi connectivity index (χ1v) is 8.78. The minimum absolute atomic E-state index is 0.0898. The van der Waals surface area contributed by atoms with Gasteiger partial charge in [0, 0.05) is 31.8 Å². The van der Waals surface area contributed by atoms with Crippen LogP contribution >= 0.6 is 0 Å². The van der Waals surface area contributed by atoms with E-state index in [4.69, 9.17) is 0 Å². The van der Waals surface area contributed by atoms with E-state index >= 15 is 0 Å². The van der Waals surface area contributed by atoms with Gasteiger partial charge in [-0.3, -0.25) is 14.7 Å². The molecule has 1 aliphatic heterocycles. The maximum absolute atomic E-state index is 14.1. The van der Waals surface area contributed by atoms with Crippen molar-refractivity contribution >= 4 is 28.5 Å². The van der Waals surface area contributed by atoms with Gasteiger partial charge in [-0.1, -0.05) is 17.9 Å². The topological polar surface area (TPSA) is 111 Å². The normalized spacial score (nSPS) is 18.6. The molecule has 29 heavy (non-hydrogen) atoms. The summed E-state index contributed by atoms with van der Waals surface area (Å²) in [7, 11) is 1.60. The molecule has 8 nitrogen and oxygen atoms in total. The zero-order chi connectivity index (χ0) is 20.6. The van der Waals surface area contributed by atoms with Gasteiger partial charge in [-0.15, -0.1) is 0 Å². The Morgan fingerprint density at radius 3 is 3.00 bits per heavy atom. The van der Waals surface area contributed by atoms with Crippen LogP contribution in [0.5, 0.6) is 0 Å². The number of halogens is 1. The lowest BCUT2D eigenvalue weighted by Gasteiger charge is -2.13. The second-order valence-electron chi connectivity index (χ2n) is 6.71. The van der Waals surface area contributed by atoms with Crippen LogP contribution in [-0.2, 0) is 4.79 Å². The van der Waals surface area contributed by atoms with E-state index in [2.05, 4.69) is 32.3 Å². The van der Waals surface area contributed by atoms with Crippen molar-refractivity contribution in [3.05, 3.63) is 53.6 Å². The Morgan fingerprint density at radius 1 is 1.41 bits per heavy atom. The number of carbonyl (C=O) groups is 2. The van der Waals surface area contributed by atoms with Gasteiger partial charge in [-0.25, -0.2) is 9.37 Å². The van der Waals surface area contributed by atoms with Crippen molar-refractivity contribution in [3.63, 3.8) is 0 Å². The van der Waals surface area contributed by atoms with E-state index < -0.39 is 23.2 Å². The van der Waals surface area contributed by atoms with E-state index in [1.54, 1.807) is 19.2 Å². The van der Waals surface area contributed by atoms with E-state index in [1.807, 2.05) is 0 Å². The molecule has 1 aliphatic rings. The van der Waals surface area contributed by atoms with Crippen LogP contribution in [0.2, 0.25) is 0 Å². The molecule has 2 amide bonds. The van der Waals surface area contributed by atoms with Gasteiger partial charge in [-0.2, -0.15) is 5.10 Å². The number of aromatic amines is 1. The molecule has 1 atom stereocenters. The summed E-state index contributed by atoms with van der Waals surface area (Å²) in [6.07, 6.45) is 1.65. The van der Waals surface area contributed by atoms with Crippen LogP contribution in [0.1, 0.15) is 22.5 Å². The van der Waals surface area contributed by atoms with Crippen LogP contribution in [0.4, 0.5) is 10.2 Å². The van der Waals surface area contributed by atoms with Gasteiger partial charge in [0.1, 0.15) is 11.6 Å². The van der Waals surface area contributed by atoms with E-state index in [0.29, 0.717) is 17.6 Å². The number of aliphatic hydroxyl groups is 1. The second-order valence-corrected chi connectivity index (χ2v) is 6.71. The number of anilines is 1. The van der Waals surface area contributed by atoms with Crippen molar-refractivity contribution in [2.45, 2.75) is 12.0 Å². The van der Waals surface area contributed by atoms with Gasteiger partial charge in [0.25, 0.3) is 11.8 Å². The summed E-state index contributed by atoms with van der Waals surface area (Å²) in [4.78, 5) is 30.0. The van der Waals surface area contributed by atoms with Gasteiger partial charge in [0.15, 0.2) is 5.69 Å². The predicted molar refractivity (Wildman–Crippen MR) is 102 cm³/mol. The highest BCUT2D eigenvalue weighted by atomic mass is 19.1. The molecule has 3 aromatic rings.